The van der Waals surface area contributed by atoms with Gasteiger partial charge in [0.25, 0.3) is 5.91 Å². The fourth-order valence-electron chi connectivity index (χ4n) is 4.72. The van der Waals surface area contributed by atoms with Gasteiger partial charge in [0, 0.05) is 12.0 Å². The molecule has 0 saturated carbocycles. The lowest BCUT2D eigenvalue weighted by Gasteiger charge is -2.39. The molecule has 0 saturated heterocycles. The molecule has 0 radical (unpaired) electrons. The van der Waals surface area contributed by atoms with Gasteiger partial charge in [-0.15, -0.1) is 0 Å². The molecule has 0 bridgehead atoms. The number of esters is 1. The molecule has 4 rings (SSSR count). The summed E-state index contributed by atoms with van der Waals surface area (Å²) in [6.07, 6.45) is -0.293. The number of hydrogen-bond donors (Lipinski definition) is 2. The predicted molar refractivity (Wildman–Crippen MR) is 142 cm³/mol. The number of amides is 1. The van der Waals surface area contributed by atoms with E-state index < -0.39 is 23.3 Å². The summed E-state index contributed by atoms with van der Waals surface area (Å²) in [6, 6.07) is 23.5. The Labute approximate surface area is 216 Å². The van der Waals surface area contributed by atoms with Gasteiger partial charge in [0.05, 0.1) is 18.2 Å². The zero-order valence-electron chi connectivity index (χ0n) is 21.1. The first-order valence-electron chi connectivity index (χ1n) is 12.1. The number of hydrazine groups is 1. The van der Waals surface area contributed by atoms with Crippen LogP contribution in [0.15, 0.2) is 84.0 Å². The summed E-state index contributed by atoms with van der Waals surface area (Å²) in [5, 5.41) is 6.10. The number of carbonyl (C=O) groups is 3. The number of nitrogens with two attached hydrogens (primary N) is 1. The van der Waals surface area contributed by atoms with Gasteiger partial charge in [0.1, 0.15) is 0 Å². The summed E-state index contributed by atoms with van der Waals surface area (Å²) in [6.45, 7) is 5.69. The number of nitrogens with one attached hydrogen (secondary N) is 1. The highest BCUT2D eigenvalue weighted by atomic mass is 16.5. The number of hydrogen-bond acceptors (Lipinski definition) is 7. The standard InChI is InChI=1S/C29H30N4O4/c1-4-37-27(35)26-25(22-8-6-5-7-9-22)29(28(36)31-30,18-24(34)21-14-10-19(2)11-15-21)33(32-26)23-16-12-20(3)13-17-23/h5-17,25H,4,18,30H2,1-3H3,(H,31,36). The summed E-state index contributed by atoms with van der Waals surface area (Å²) in [5.41, 5.74) is 4.20. The van der Waals surface area contributed by atoms with Crippen molar-refractivity contribution in [3.63, 3.8) is 0 Å². The van der Waals surface area contributed by atoms with Gasteiger partial charge in [0.2, 0.25) is 0 Å². The van der Waals surface area contributed by atoms with Crippen LogP contribution in [0.25, 0.3) is 0 Å². The Balaban J connectivity index is 1.97. The first kappa shape index (κ1) is 25.8. The number of rotatable bonds is 8. The van der Waals surface area contributed by atoms with Crippen LogP contribution in [0.1, 0.15) is 46.3 Å². The lowest BCUT2D eigenvalue weighted by Crippen LogP contribution is -2.61. The molecule has 190 valence electrons. The van der Waals surface area contributed by atoms with E-state index in [1.54, 1.807) is 55.5 Å². The Hall–Kier alpha value is -4.30. The van der Waals surface area contributed by atoms with Gasteiger partial charge >= 0.3 is 5.97 Å². The lowest BCUT2D eigenvalue weighted by atomic mass is 9.72. The number of nitrogens with zero attached hydrogens (tertiary/aromatic N) is 2. The molecule has 1 amide bonds. The molecule has 1 heterocycles. The van der Waals surface area contributed by atoms with Gasteiger partial charge in [0.15, 0.2) is 17.0 Å². The van der Waals surface area contributed by atoms with E-state index in [1.807, 2.05) is 44.2 Å². The molecule has 2 unspecified atom stereocenters. The number of carbonyl (C=O) groups excluding carboxylic acids is 3. The number of ketones is 1. The second-order valence-corrected chi connectivity index (χ2v) is 9.06. The quantitative estimate of drug-likeness (QED) is 0.160. The largest absolute Gasteiger partial charge is 0.461 e. The van der Waals surface area contributed by atoms with Crippen LogP contribution >= 0.6 is 0 Å². The molecule has 3 aromatic carbocycles. The summed E-state index contributed by atoms with van der Waals surface area (Å²) in [4.78, 5) is 40.8. The SMILES string of the molecule is CCOC(=O)C1=NN(c2ccc(C)cc2)C(CC(=O)c2ccc(C)cc2)(C(=O)NN)C1c1ccccc1. The maximum atomic E-state index is 13.9. The topological polar surface area (TPSA) is 114 Å². The molecule has 8 heteroatoms. The van der Waals surface area contributed by atoms with Crippen LogP contribution in [0.2, 0.25) is 0 Å². The Bertz CT molecular complexity index is 1320. The van der Waals surface area contributed by atoms with Gasteiger partial charge in [-0.1, -0.05) is 77.9 Å². The Morgan fingerprint density at radius 3 is 2.11 bits per heavy atom. The molecule has 1 aliphatic rings. The number of ether oxygens (including phenoxy) is 1. The van der Waals surface area contributed by atoms with Crippen molar-refractivity contribution < 1.29 is 19.1 Å². The van der Waals surface area contributed by atoms with Gasteiger partial charge in [-0.3, -0.25) is 15.0 Å². The average molecular weight is 499 g/mol. The van der Waals surface area contributed by atoms with Gasteiger partial charge in [-0.2, -0.15) is 5.10 Å². The Morgan fingerprint density at radius 2 is 1.54 bits per heavy atom. The van der Waals surface area contributed by atoms with Crippen molar-refractivity contribution in [1.82, 2.24) is 5.43 Å². The number of hydrazone groups is 1. The molecule has 0 aromatic heterocycles. The summed E-state index contributed by atoms with van der Waals surface area (Å²) in [7, 11) is 0. The average Bonchev–Trinajstić information content (AvgIpc) is 3.25. The van der Waals surface area contributed by atoms with E-state index in [-0.39, 0.29) is 24.5 Å². The van der Waals surface area contributed by atoms with Crippen LogP contribution in [-0.2, 0) is 14.3 Å². The third-order valence-electron chi connectivity index (χ3n) is 6.56. The van der Waals surface area contributed by atoms with Crippen molar-refractivity contribution in [2.24, 2.45) is 10.9 Å². The highest BCUT2D eigenvalue weighted by Gasteiger charge is 2.60. The zero-order valence-corrected chi connectivity index (χ0v) is 21.1. The van der Waals surface area contributed by atoms with Crippen LogP contribution < -0.4 is 16.3 Å². The molecule has 0 spiro atoms. The van der Waals surface area contributed by atoms with Crippen LogP contribution in [0, 0.1) is 13.8 Å². The minimum Gasteiger partial charge on any atom is -0.461 e. The Morgan fingerprint density at radius 1 is 0.946 bits per heavy atom. The summed E-state index contributed by atoms with van der Waals surface area (Å²) in [5.74, 6) is 3.21. The zero-order chi connectivity index (χ0) is 26.6. The minimum absolute atomic E-state index is 0.0222. The monoisotopic (exact) mass is 498 g/mol. The fourth-order valence-corrected chi connectivity index (χ4v) is 4.72. The van der Waals surface area contributed by atoms with Crippen molar-refractivity contribution in [2.45, 2.75) is 38.6 Å². The number of anilines is 1. The predicted octanol–water partition coefficient (Wildman–Crippen LogP) is 3.83. The van der Waals surface area contributed by atoms with Crippen molar-refractivity contribution in [1.29, 1.82) is 0 Å². The number of Topliss-reactive ketones (excluding diaryl/α,β-unsaturated/α-hetero) is 1. The van der Waals surface area contributed by atoms with E-state index in [1.165, 1.54) is 5.01 Å². The normalized spacial score (nSPS) is 18.8. The molecule has 3 N–H and O–H groups in total. The molecule has 2 atom stereocenters. The van der Waals surface area contributed by atoms with Gasteiger partial charge < -0.3 is 4.74 Å². The van der Waals surface area contributed by atoms with E-state index in [2.05, 4.69) is 10.5 Å². The first-order valence-corrected chi connectivity index (χ1v) is 12.1. The molecule has 37 heavy (non-hydrogen) atoms. The summed E-state index contributed by atoms with van der Waals surface area (Å²) >= 11 is 0. The minimum atomic E-state index is -1.69. The lowest BCUT2D eigenvalue weighted by molar-refractivity contribution is -0.135. The molecular weight excluding hydrogens is 468 g/mol. The smallest absolute Gasteiger partial charge is 0.355 e. The van der Waals surface area contributed by atoms with E-state index in [4.69, 9.17) is 10.6 Å². The number of benzene rings is 3. The molecule has 3 aromatic rings. The van der Waals surface area contributed by atoms with Crippen LogP contribution in [0.3, 0.4) is 0 Å². The molecular formula is C29H30N4O4. The van der Waals surface area contributed by atoms with Crippen LogP contribution in [-0.4, -0.2) is 35.5 Å². The third kappa shape index (κ3) is 4.88. The number of aryl methyl sites for hydroxylation is 2. The third-order valence-corrected chi connectivity index (χ3v) is 6.56. The summed E-state index contributed by atoms with van der Waals surface area (Å²) < 4.78 is 5.35. The second kappa shape index (κ2) is 10.8. The molecule has 0 aliphatic carbocycles. The second-order valence-electron chi connectivity index (χ2n) is 9.06. The van der Waals surface area contributed by atoms with E-state index in [0.29, 0.717) is 16.8 Å². The van der Waals surface area contributed by atoms with E-state index in [9.17, 15) is 14.4 Å². The molecule has 0 fully saturated rings. The maximum absolute atomic E-state index is 13.9. The van der Waals surface area contributed by atoms with Crippen molar-refractivity contribution in [2.75, 3.05) is 11.6 Å². The fraction of sp³-hybridized carbons (Fsp3) is 0.241. The van der Waals surface area contributed by atoms with Gasteiger partial charge in [-0.05, 0) is 38.5 Å². The highest BCUT2D eigenvalue weighted by molar-refractivity contribution is 6.41. The van der Waals surface area contributed by atoms with Crippen LogP contribution in [0.4, 0.5) is 5.69 Å². The highest BCUT2D eigenvalue weighted by Crippen LogP contribution is 2.46. The van der Waals surface area contributed by atoms with E-state index in [0.717, 1.165) is 11.1 Å². The molecule has 1 aliphatic heterocycles. The van der Waals surface area contributed by atoms with Crippen molar-refractivity contribution in [3.05, 3.63) is 101 Å². The Kier molecular flexibility index (Phi) is 7.50. The maximum Gasteiger partial charge on any atom is 0.355 e. The van der Waals surface area contributed by atoms with Crippen molar-refractivity contribution in [3.8, 4) is 0 Å². The van der Waals surface area contributed by atoms with Crippen LogP contribution in [0.5, 0.6) is 0 Å². The van der Waals surface area contributed by atoms with E-state index >= 15 is 0 Å². The van der Waals surface area contributed by atoms with Crippen molar-refractivity contribution >= 4 is 29.1 Å². The van der Waals surface area contributed by atoms with Gasteiger partial charge in [-0.25, -0.2) is 15.6 Å². The first-order chi connectivity index (χ1) is 17.8. The molecule has 8 nitrogen and oxygen atoms in total.